The predicted octanol–water partition coefficient (Wildman–Crippen LogP) is 2.09. The maximum Gasteiger partial charge on any atom is 0.188 e. The summed E-state index contributed by atoms with van der Waals surface area (Å²) in [7, 11) is 0. The van der Waals surface area contributed by atoms with E-state index < -0.39 is 0 Å². The van der Waals surface area contributed by atoms with Gasteiger partial charge in [-0.25, -0.2) is 0 Å². The van der Waals surface area contributed by atoms with E-state index >= 15 is 0 Å². The number of hydrogen-bond donors (Lipinski definition) is 3. The van der Waals surface area contributed by atoms with Crippen LogP contribution in [0.15, 0.2) is 29.3 Å². The molecular formula is C15H20N4. The summed E-state index contributed by atoms with van der Waals surface area (Å²) >= 11 is 0. The average molecular weight is 256 g/mol. The molecule has 0 amide bonds. The zero-order valence-electron chi connectivity index (χ0n) is 11.2. The molecule has 1 aliphatic rings. The van der Waals surface area contributed by atoms with Gasteiger partial charge in [0.25, 0.3) is 0 Å². The topological polar surface area (TPSA) is 66.2 Å². The highest BCUT2D eigenvalue weighted by molar-refractivity contribution is 5.84. The van der Waals surface area contributed by atoms with E-state index in [1.54, 1.807) is 0 Å². The van der Waals surface area contributed by atoms with Crippen LogP contribution in [-0.4, -0.2) is 23.5 Å². The van der Waals surface area contributed by atoms with Gasteiger partial charge in [-0.15, -0.1) is 0 Å². The molecule has 3 rings (SSSR count). The number of hydrogen-bond acceptors (Lipinski definition) is 1. The largest absolute Gasteiger partial charge is 0.370 e. The summed E-state index contributed by atoms with van der Waals surface area (Å²) in [5.41, 5.74) is 9.61. The number of aromatic amines is 1. The van der Waals surface area contributed by atoms with Crippen molar-refractivity contribution in [3.8, 4) is 0 Å². The molecule has 0 aliphatic heterocycles. The molecule has 0 saturated heterocycles. The lowest BCUT2D eigenvalue weighted by Gasteiger charge is -2.03. The number of H-pyrrole nitrogens is 1. The second kappa shape index (κ2) is 4.96. The SMILES string of the molecule is Cc1[nH]c2ccccc2c1CCN=C(N)NC1CC1. The van der Waals surface area contributed by atoms with E-state index in [1.165, 1.54) is 35.0 Å². The highest BCUT2D eigenvalue weighted by Crippen LogP contribution is 2.22. The Morgan fingerprint density at radius 1 is 1.42 bits per heavy atom. The van der Waals surface area contributed by atoms with E-state index in [-0.39, 0.29) is 0 Å². The van der Waals surface area contributed by atoms with E-state index in [2.05, 4.69) is 46.5 Å². The Bertz CT molecular complexity index is 608. The molecule has 19 heavy (non-hydrogen) atoms. The van der Waals surface area contributed by atoms with E-state index in [9.17, 15) is 0 Å². The van der Waals surface area contributed by atoms with Gasteiger partial charge in [-0.2, -0.15) is 0 Å². The lowest BCUT2D eigenvalue weighted by Crippen LogP contribution is -2.33. The molecular weight excluding hydrogens is 236 g/mol. The van der Waals surface area contributed by atoms with Crippen LogP contribution in [0.2, 0.25) is 0 Å². The predicted molar refractivity (Wildman–Crippen MR) is 79.4 cm³/mol. The van der Waals surface area contributed by atoms with Crippen LogP contribution >= 0.6 is 0 Å². The molecule has 0 radical (unpaired) electrons. The number of para-hydroxylation sites is 1. The van der Waals surface area contributed by atoms with Gasteiger partial charge in [-0.3, -0.25) is 4.99 Å². The van der Waals surface area contributed by atoms with Crippen molar-refractivity contribution < 1.29 is 0 Å². The first-order chi connectivity index (χ1) is 9.24. The summed E-state index contributed by atoms with van der Waals surface area (Å²) in [5, 5.41) is 4.50. The molecule has 1 fully saturated rings. The molecule has 4 nitrogen and oxygen atoms in total. The van der Waals surface area contributed by atoms with Crippen molar-refractivity contribution in [3.63, 3.8) is 0 Å². The molecule has 1 aromatic carbocycles. The lowest BCUT2D eigenvalue weighted by molar-refractivity contribution is 0.869. The molecule has 4 heteroatoms. The zero-order chi connectivity index (χ0) is 13.2. The highest BCUT2D eigenvalue weighted by Gasteiger charge is 2.21. The number of aromatic nitrogens is 1. The summed E-state index contributed by atoms with van der Waals surface area (Å²) < 4.78 is 0. The van der Waals surface area contributed by atoms with Gasteiger partial charge in [0.1, 0.15) is 0 Å². The van der Waals surface area contributed by atoms with Gasteiger partial charge < -0.3 is 16.0 Å². The molecule has 1 aliphatic carbocycles. The molecule has 0 bridgehead atoms. The molecule has 1 saturated carbocycles. The number of guanidine groups is 1. The number of aryl methyl sites for hydroxylation is 1. The van der Waals surface area contributed by atoms with Crippen LogP contribution < -0.4 is 11.1 Å². The van der Waals surface area contributed by atoms with Crippen molar-refractivity contribution in [2.45, 2.75) is 32.2 Å². The second-order valence-electron chi connectivity index (χ2n) is 5.21. The third kappa shape index (κ3) is 2.72. The molecule has 1 aromatic heterocycles. The molecule has 100 valence electrons. The molecule has 1 heterocycles. The Morgan fingerprint density at radius 2 is 2.21 bits per heavy atom. The normalized spacial score (nSPS) is 15.9. The molecule has 2 aromatic rings. The first kappa shape index (κ1) is 12.1. The van der Waals surface area contributed by atoms with Crippen molar-refractivity contribution >= 4 is 16.9 Å². The number of fused-ring (bicyclic) bond motifs is 1. The van der Waals surface area contributed by atoms with Crippen LogP contribution in [0, 0.1) is 6.92 Å². The molecule has 4 N–H and O–H groups in total. The summed E-state index contributed by atoms with van der Waals surface area (Å²) in [4.78, 5) is 7.81. The van der Waals surface area contributed by atoms with Crippen molar-refractivity contribution in [1.29, 1.82) is 0 Å². The van der Waals surface area contributed by atoms with E-state index in [4.69, 9.17) is 5.73 Å². The Kier molecular flexibility index (Phi) is 3.15. The summed E-state index contributed by atoms with van der Waals surface area (Å²) in [5.74, 6) is 0.583. The fraction of sp³-hybridized carbons (Fsp3) is 0.400. The van der Waals surface area contributed by atoms with Gasteiger partial charge in [0.15, 0.2) is 5.96 Å². The minimum Gasteiger partial charge on any atom is -0.370 e. The van der Waals surface area contributed by atoms with E-state index in [0.29, 0.717) is 12.0 Å². The van der Waals surface area contributed by atoms with Crippen LogP contribution in [0.25, 0.3) is 10.9 Å². The van der Waals surface area contributed by atoms with Gasteiger partial charge in [0.2, 0.25) is 0 Å². The minimum absolute atomic E-state index is 0.568. The van der Waals surface area contributed by atoms with Gasteiger partial charge in [-0.1, -0.05) is 18.2 Å². The van der Waals surface area contributed by atoms with E-state index in [1.807, 2.05) is 0 Å². The summed E-state index contributed by atoms with van der Waals surface area (Å²) in [6.07, 6.45) is 3.36. The number of nitrogens with one attached hydrogen (secondary N) is 2. The third-order valence-corrected chi connectivity index (χ3v) is 3.60. The minimum atomic E-state index is 0.568. The molecule has 0 atom stereocenters. The average Bonchev–Trinajstić information content (AvgIpc) is 3.14. The lowest BCUT2D eigenvalue weighted by atomic mass is 10.1. The quantitative estimate of drug-likeness (QED) is 0.579. The van der Waals surface area contributed by atoms with Crippen molar-refractivity contribution in [1.82, 2.24) is 10.3 Å². The molecule has 0 unspecified atom stereocenters. The second-order valence-corrected chi connectivity index (χ2v) is 5.21. The highest BCUT2D eigenvalue weighted by atomic mass is 15.1. The molecule has 0 spiro atoms. The van der Waals surface area contributed by atoms with E-state index in [0.717, 1.165) is 13.0 Å². The summed E-state index contributed by atoms with van der Waals surface area (Å²) in [6, 6.07) is 8.96. The van der Waals surface area contributed by atoms with Crippen molar-refractivity contribution in [3.05, 3.63) is 35.5 Å². The van der Waals surface area contributed by atoms with Gasteiger partial charge >= 0.3 is 0 Å². The smallest absolute Gasteiger partial charge is 0.188 e. The maximum atomic E-state index is 5.84. The summed E-state index contributed by atoms with van der Waals surface area (Å²) in [6.45, 7) is 2.85. The van der Waals surface area contributed by atoms with Crippen LogP contribution in [-0.2, 0) is 6.42 Å². The Labute approximate surface area is 113 Å². The third-order valence-electron chi connectivity index (χ3n) is 3.60. The van der Waals surface area contributed by atoms with Crippen molar-refractivity contribution in [2.75, 3.05) is 6.54 Å². The van der Waals surface area contributed by atoms with Crippen LogP contribution in [0.3, 0.4) is 0 Å². The van der Waals surface area contributed by atoms with Crippen LogP contribution in [0.1, 0.15) is 24.1 Å². The van der Waals surface area contributed by atoms with Gasteiger partial charge in [0, 0.05) is 29.2 Å². The fourth-order valence-corrected chi connectivity index (χ4v) is 2.43. The standard InChI is InChI=1S/C15H20N4/c1-10-12(13-4-2-3-5-14(13)18-10)8-9-17-15(16)19-11-6-7-11/h2-5,11,18H,6-9H2,1H3,(H3,16,17,19). The Balaban J connectivity index is 1.69. The monoisotopic (exact) mass is 256 g/mol. The number of nitrogens with zero attached hydrogens (tertiary/aromatic N) is 1. The number of aliphatic imine (C=N–C) groups is 1. The van der Waals surface area contributed by atoms with Gasteiger partial charge in [0.05, 0.1) is 0 Å². The zero-order valence-corrected chi connectivity index (χ0v) is 11.2. The first-order valence-electron chi connectivity index (χ1n) is 6.86. The van der Waals surface area contributed by atoms with Crippen LogP contribution in [0.4, 0.5) is 0 Å². The first-order valence-corrected chi connectivity index (χ1v) is 6.86. The van der Waals surface area contributed by atoms with Gasteiger partial charge in [-0.05, 0) is 37.8 Å². The van der Waals surface area contributed by atoms with Crippen molar-refractivity contribution in [2.24, 2.45) is 10.7 Å². The number of rotatable bonds is 4. The number of benzene rings is 1. The Morgan fingerprint density at radius 3 is 3.00 bits per heavy atom. The Hall–Kier alpha value is -1.97. The van der Waals surface area contributed by atoms with Crippen LogP contribution in [0.5, 0.6) is 0 Å². The fourth-order valence-electron chi connectivity index (χ4n) is 2.43. The maximum absolute atomic E-state index is 5.84. The number of nitrogens with two attached hydrogens (primary N) is 1.